The number of hydrogen-bond donors (Lipinski definition) is 0. The van der Waals surface area contributed by atoms with Gasteiger partial charge in [0.15, 0.2) is 5.79 Å². The summed E-state index contributed by atoms with van der Waals surface area (Å²) in [5.74, 6) is 5.22. The summed E-state index contributed by atoms with van der Waals surface area (Å²) in [6.45, 7) is 3.26. The quantitative estimate of drug-likeness (QED) is 0.602. The van der Waals surface area contributed by atoms with Gasteiger partial charge in [-0.2, -0.15) is 5.26 Å². The van der Waals surface area contributed by atoms with Crippen molar-refractivity contribution in [2.75, 3.05) is 13.2 Å². The number of nitrogens with zero attached hydrogens (tertiary/aromatic N) is 1. The van der Waals surface area contributed by atoms with E-state index in [0.717, 1.165) is 12.8 Å². The zero-order valence-electron chi connectivity index (χ0n) is 7.80. The molecule has 1 aliphatic rings. The van der Waals surface area contributed by atoms with Crippen LogP contribution in [0.15, 0.2) is 0 Å². The Morgan fingerprint density at radius 1 is 1.31 bits per heavy atom. The smallest absolute Gasteiger partial charge is 0.166 e. The van der Waals surface area contributed by atoms with Crippen molar-refractivity contribution in [2.24, 2.45) is 0 Å². The summed E-state index contributed by atoms with van der Waals surface area (Å²) in [5, 5.41) is 8.23. The van der Waals surface area contributed by atoms with Gasteiger partial charge >= 0.3 is 0 Å². The first-order valence-corrected chi connectivity index (χ1v) is 4.37. The minimum Gasteiger partial charge on any atom is -0.348 e. The number of hydrogen-bond acceptors (Lipinski definition) is 3. The van der Waals surface area contributed by atoms with Crippen LogP contribution >= 0.6 is 0 Å². The van der Waals surface area contributed by atoms with Crippen LogP contribution in [-0.2, 0) is 9.47 Å². The maximum atomic E-state index is 8.23. The molecule has 0 bridgehead atoms. The topological polar surface area (TPSA) is 42.2 Å². The molecule has 0 atom stereocenters. The first kappa shape index (κ1) is 10.1. The number of nitriles is 1. The average Bonchev–Trinajstić information content (AvgIpc) is 2.53. The zero-order valence-corrected chi connectivity index (χ0v) is 7.80. The summed E-state index contributed by atoms with van der Waals surface area (Å²) in [5.41, 5.74) is 0. The fourth-order valence-corrected chi connectivity index (χ4v) is 1.18. The largest absolute Gasteiger partial charge is 0.348 e. The highest BCUT2D eigenvalue weighted by Gasteiger charge is 2.29. The molecule has 1 saturated heterocycles. The van der Waals surface area contributed by atoms with Gasteiger partial charge in [-0.15, -0.1) is 5.92 Å². The molecule has 3 nitrogen and oxygen atoms in total. The fourth-order valence-electron chi connectivity index (χ4n) is 1.18. The van der Waals surface area contributed by atoms with Crippen LogP contribution in [0.2, 0.25) is 0 Å². The van der Waals surface area contributed by atoms with Crippen molar-refractivity contribution < 1.29 is 9.47 Å². The van der Waals surface area contributed by atoms with Crippen LogP contribution in [0.3, 0.4) is 0 Å². The van der Waals surface area contributed by atoms with Gasteiger partial charge in [0.1, 0.15) is 0 Å². The predicted molar refractivity (Wildman–Crippen MR) is 47.5 cm³/mol. The normalized spacial score (nSPS) is 18.8. The molecule has 0 amide bonds. The molecular weight excluding hydrogens is 166 g/mol. The Labute approximate surface area is 78.6 Å². The van der Waals surface area contributed by atoms with E-state index in [9.17, 15) is 0 Å². The van der Waals surface area contributed by atoms with E-state index in [4.69, 9.17) is 14.7 Å². The maximum absolute atomic E-state index is 8.23. The molecule has 0 spiro atoms. The first-order chi connectivity index (χ1) is 6.27. The maximum Gasteiger partial charge on any atom is 0.166 e. The van der Waals surface area contributed by atoms with Crippen LogP contribution in [0.5, 0.6) is 0 Å². The Hall–Kier alpha value is -1.03. The number of ether oxygens (including phenoxy) is 2. The molecule has 0 aromatic carbocycles. The summed E-state index contributed by atoms with van der Waals surface area (Å²) in [4.78, 5) is 0. The van der Waals surface area contributed by atoms with Crippen LogP contribution in [0, 0.1) is 23.2 Å². The summed E-state index contributed by atoms with van der Waals surface area (Å²) < 4.78 is 10.8. The van der Waals surface area contributed by atoms with E-state index >= 15 is 0 Å². The standard InChI is InChI=1S/C10H13NO2/c1-10(12-8-9-13-10)6-4-2-3-5-7-11/h4-6,8-9H2,1H3. The van der Waals surface area contributed by atoms with Crippen molar-refractivity contribution in [3.8, 4) is 17.9 Å². The third kappa shape index (κ3) is 3.46. The second-order valence-electron chi connectivity index (χ2n) is 3.02. The Kier molecular flexibility index (Phi) is 3.76. The van der Waals surface area contributed by atoms with E-state index in [1.54, 1.807) is 0 Å². The first-order valence-electron chi connectivity index (χ1n) is 4.37. The van der Waals surface area contributed by atoms with Crippen LogP contribution < -0.4 is 0 Å². The lowest BCUT2D eigenvalue weighted by atomic mass is 10.2. The van der Waals surface area contributed by atoms with Crippen molar-refractivity contribution in [3.63, 3.8) is 0 Å². The molecule has 1 fully saturated rings. The van der Waals surface area contributed by atoms with E-state index < -0.39 is 5.79 Å². The van der Waals surface area contributed by atoms with Gasteiger partial charge in [0.05, 0.1) is 25.7 Å². The van der Waals surface area contributed by atoms with Gasteiger partial charge in [0.2, 0.25) is 0 Å². The van der Waals surface area contributed by atoms with Gasteiger partial charge in [-0.1, -0.05) is 5.92 Å². The second kappa shape index (κ2) is 4.87. The summed E-state index contributed by atoms with van der Waals surface area (Å²) >= 11 is 0. The van der Waals surface area contributed by atoms with Crippen LogP contribution in [-0.4, -0.2) is 19.0 Å². The van der Waals surface area contributed by atoms with Crippen molar-refractivity contribution >= 4 is 0 Å². The molecule has 1 rings (SSSR count). The average molecular weight is 179 g/mol. The molecule has 3 heteroatoms. The lowest BCUT2D eigenvalue weighted by Crippen LogP contribution is -2.24. The molecule has 0 N–H and O–H groups in total. The van der Waals surface area contributed by atoms with Crippen molar-refractivity contribution in [3.05, 3.63) is 0 Å². The SMILES string of the molecule is CC1(CCC#CCC#N)OCCO1. The summed E-state index contributed by atoms with van der Waals surface area (Å²) in [6.07, 6.45) is 1.79. The molecule has 13 heavy (non-hydrogen) atoms. The molecule has 0 saturated carbocycles. The predicted octanol–water partition coefficient (Wildman–Crippen LogP) is 1.45. The molecule has 70 valence electrons. The molecule has 0 aromatic rings. The third-order valence-corrected chi connectivity index (χ3v) is 1.89. The van der Waals surface area contributed by atoms with Gasteiger partial charge < -0.3 is 9.47 Å². The monoisotopic (exact) mass is 179 g/mol. The molecule has 1 heterocycles. The Bertz CT molecular complexity index is 250. The highest BCUT2D eigenvalue weighted by atomic mass is 16.7. The van der Waals surface area contributed by atoms with E-state index in [0.29, 0.717) is 19.6 Å². The van der Waals surface area contributed by atoms with E-state index in [1.165, 1.54) is 0 Å². The fraction of sp³-hybridized carbons (Fsp3) is 0.700. The summed E-state index contributed by atoms with van der Waals surface area (Å²) in [7, 11) is 0. The van der Waals surface area contributed by atoms with Crippen molar-refractivity contribution in [2.45, 2.75) is 32.0 Å². The Balaban J connectivity index is 2.20. The zero-order chi connectivity index (χ0) is 9.57. The van der Waals surface area contributed by atoms with Gasteiger partial charge in [0.25, 0.3) is 0 Å². The Morgan fingerprint density at radius 2 is 2.00 bits per heavy atom. The Morgan fingerprint density at radius 3 is 2.62 bits per heavy atom. The van der Waals surface area contributed by atoms with Gasteiger partial charge in [-0.3, -0.25) is 0 Å². The molecule has 0 aliphatic carbocycles. The van der Waals surface area contributed by atoms with Crippen LogP contribution in [0.1, 0.15) is 26.2 Å². The molecule has 0 unspecified atom stereocenters. The molecule has 1 aliphatic heterocycles. The van der Waals surface area contributed by atoms with Crippen LogP contribution in [0.25, 0.3) is 0 Å². The van der Waals surface area contributed by atoms with Crippen LogP contribution in [0.4, 0.5) is 0 Å². The van der Waals surface area contributed by atoms with Crippen molar-refractivity contribution in [1.29, 1.82) is 5.26 Å². The lowest BCUT2D eigenvalue weighted by Gasteiger charge is -2.20. The molecule has 0 aromatic heterocycles. The van der Waals surface area contributed by atoms with Crippen molar-refractivity contribution in [1.82, 2.24) is 0 Å². The highest BCUT2D eigenvalue weighted by Crippen LogP contribution is 2.23. The molecular formula is C10H13NO2. The van der Waals surface area contributed by atoms with Gasteiger partial charge in [0, 0.05) is 12.8 Å². The minimum absolute atomic E-state index is 0.304. The highest BCUT2D eigenvalue weighted by molar-refractivity contribution is 5.04. The minimum atomic E-state index is -0.443. The van der Waals surface area contributed by atoms with E-state index in [-0.39, 0.29) is 0 Å². The second-order valence-corrected chi connectivity index (χ2v) is 3.02. The third-order valence-electron chi connectivity index (χ3n) is 1.89. The van der Waals surface area contributed by atoms with E-state index in [2.05, 4.69) is 11.8 Å². The number of rotatable bonds is 2. The summed E-state index contributed by atoms with van der Waals surface area (Å²) in [6, 6.07) is 1.97. The van der Waals surface area contributed by atoms with Gasteiger partial charge in [-0.05, 0) is 6.92 Å². The van der Waals surface area contributed by atoms with E-state index in [1.807, 2.05) is 13.0 Å². The lowest BCUT2D eigenvalue weighted by molar-refractivity contribution is -0.145. The molecule has 0 radical (unpaired) electrons. The van der Waals surface area contributed by atoms with Gasteiger partial charge in [-0.25, -0.2) is 0 Å².